The highest BCUT2D eigenvalue weighted by Crippen LogP contribution is 2.38. The van der Waals surface area contributed by atoms with Crippen LogP contribution >= 0.6 is 0 Å². The van der Waals surface area contributed by atoms with Crippen molar-refractivity contribution in [3.05, 3.63) is 88.4 Å². The summed E-state index contributed by atoms with van der Waals surface area (Å²) in [6.07, 6.45) is 3.72. The van der Waals surface area contributed by atoms with Gasteiger partial charge in [-0.1, -0.05) is 49.7 Å². The zero-order valence-electron chi connectivity index (χ0n) is 22.0. The average molecular weight is 501 g/mol. The van der Waals surface area contributed by atoms with Crippen LogP contribution in [0.25, 0.3) is 0 Å². The van der Waals surface area contributed by atoms with E-state index < -0.39 is 0 Å². The van der Waals surface area contributed by atoms with Crippen molar-refractivity contribution < 1.29 is 18.7 Å². The summed E-state index contributed by atoms with van der Waals surface area (Å²) in [5, 5.41) is 2.93. The number of furan rings is 1. The van der Waals surface area contributed by atoms with Crippen molar-refractivity contribution in [2.24, 2.45) is 11.8 Å². The Morgan fingerprint density at radius 2 is 1.86 bits per heavy atom. The van der Waals surface area contributed by atoms with Crippen molar-refractivity contribution in [1.29, 1.82) is 0 Å². The minimum Gasteiger partial charge on any atom is -0.486 e. The number of hydrogen-bond acceptors (Lipinski definition) is 4. The second-order valence-corrected chi connectivity index (χ2v) is 10.8. The zero-order chi connectivity index (χ0) is 25.9. The average Bonchev–Trinajstić information content (AvgIpc) is 3.60. The minimum absolute atomic E-state index is 0.149. The summed E-state index contributed by atoms with van der Waals surface area (Å²) >= 11 is 0. The number of amides is 2. The van der Waals surface area contributed by atoms with Crippen LogP contribution in [0.5, 0.6) is 5.75 Å². The number of carbonyl (C=O) groups is 2. The quantitative estimate of drug-likeness (QED) is 0.401. The molecule has 1 aromatic heterocycles. The van der Waals surface area contributed by atoms with Gasteiger partial charge in [0.15, 0.2) is 5.76 Å². The summed E-state index contributed by atoms with van der Waals surface area (Å²) in [7, 11) is 0. The Morgan fingerprint density at radius 3 is 2.59 bits per heavy atom. The van der Waals surface area contributed by atoms with E-state index in [4.69, 9.17) is 9.15 Å². The maximum absolute atomic E-state index is 13.3. The molecule has 2 aromatic carbocycles. The lowest BCUT2D eigenvalue weighted by molar-refractivity contribution is -0.134. The molecule has 2 amide bonds. The molecule has 37 heavy (non-hydrogen) atoms. The highest BCUT2D eigenvalue weighted by atomic mass is 16.5. The summed E-state index contributed by atoms with van der Waals surface area (Å²) in [5.41, 5.74) is 4.63. The van der Waals surface area contributed by atoms with Gasteiger partial charge >= 0.3 is 0 Å². The van der Waals surface area contributed by atoms with Gasteiger partial charge in [0, 0.05) is 19.5 Å². The fraction of sp³-hybridized carbons (Fsp3) is 0.419. The number of fused-ring (bicyclic) bond motifs is 1. The van der Waals surface area contributed by atoms with Crippen LogP contribution in [0.1, 0.15) is 77.7 Å². The van der Waals surface area contributed by atoms with Crippen molar-refractivity contribution >= 4 is 11.8 Å². The Morgan fingerprint density at radius 1 is 1.08 bits per heavy atom. The van der Waals surface area contributed by atoms with E-state index in [1.54, 1.807) is 12.1 Å². The molecule has 1 N–H and O–H groups in total. The van der Waals surface area contributed by atoms with Crippen molar-refractivity contribution in [3.63, 3.8) is 0 Å². The molecule has 6 heteroatoms. The normalized spacial score (nSPS) is 17.0. The van der Waals surface area contributed by atoms with E-state index in [0.29, 0.717) is 48.6 Å². The van der Waals surface area contributed by atoms with Crippen LogP contribution in [-0.2, 0) is 17.8 Å². The summed E-state index contributed by atoms with van der Waals surface area (Å²) in [6.45, 7) is 7.87. The van der Waals surface area contributed by atoms with Crippen molar-refractivity contribution in [1.82, 2.24) is 10.2 Å². The van der Waals surface area contributed by atoms with Gasteiger partial charge in [-0.05, 0) is 79.0 Å². The van der Waals surface area contributed by atoms with Gasteiger partial charge in [0.05, 0.1) is 6.04 Å². The Kier molecular flexibility index (Phi) is 7.36. The summed E-state index contributed by atoms with van der Waals surface area (Å²) in [4.78, 5) is 27.6. The molecule has 2 aliphatic rings. The predicted molar refractivity (Wildman–Crippen MR) is 142 cm³/mol. The number of nitrogens with zero attached hydrogens (tertiary/aromatic N) is 1. The van der Waals surface area contributed by atoms with Crippen LogP contribution in [0.15, 0.2) is 59.0 Å². The molecule has 1 saturated carbocycles. The molecule has 1 aliphatic heterocycles. The number of benzene rings is 2. The SMILES string of the molecule is Cc1ccc([C@@H]2c3cc(OCc4ccc(C(=O)NCC5CC5)o4)ccc3CCN2C(=O)CC(C)C)cc1. The van der Waals surface area contributed by atoms with Crippen LogP contribution in [0.2, 0.25) is 0 Å². The maximum atomic E-state index is 13.3. The van der Waals surface area contributed by atoms with E-state index >= 15 is 0 Å². The molecular weight excluding hydrogens is 464 g/mol. The number of hydrogen-bond donors (Lipinski definition) is 1. The highest BCUT2D eigenvalue weighted by molar-refractivity contribution is 5.91. The van der Waals surface area contributed by atoms with Gasteiger partial charge in [0.25, 0.3) is 5.91 Å². The van der Waals surface area contributed by atoms with Gasteiger partial charge in [0.1, 0.15) is 18.1 Å². The van der Waals surface area contributed by atoms with Crippen LogP contribution in [0.3, 0.4) is 0 Å². The molecule has 0 spiro atoms. The molecule has 0 bridgehead atoms. The molecule has 194 valence electrons. The third-order valence-electron chi connectivity index (χ3n) is 7.16. The lowest BCUT2D eigenvalue weighted by atomic mass is 9.87. The van der Waals surface area contributed by atoms with Gasteiger partial charge in [-0.3, -0.25) is 9.59 Å². The maximum Gasteiger partial charge on any atom is 0.287 e. The first-order valence-corrected chi connectivity index (χ1v) is 13.4. The number of nitrogens with one attached hydrogen (secondary N) is 1. The van der Waals surface area contributed by atoms with Gasteiger partial charge < -0.3 is 19.4 Å². The van der Waals surface area contributed by atoms with E-state index in [0.717, 1.165) is 17.5 Å². The Balaban J connectivity index is 1.34. The zero-order valence-corrected chi connectivity index (χ0v) is 22.0. The fourth-order valence-corrected chi connectivity index (χ4v) is 4.90. The van der Waals surface area contributed by atoms with E-state index in [1.165, 1.54) is 24.0 Å². The van der Waals surface area contributed by atoms with Crippen molar-refractivity contribution in [2.45, 2.75) is 59.1 Å². The molecule has 3 aromatic rings. The third kappa shape index (κ3) is 6.07. The Labute approximate surface area is 219 Å². The first-order valence-electron chi connectivity index (χ1n) is 13.4. The lowest BCUT2D eigenvalue weighted by Gasteiger charge is -2.38. The van der Waals surface area contributed by atoms with Crippen molar-refractivity contribution in [2.75, 3.05) is 13.1 Å². The second kappa shape index (κ2) is 10.8. The topological polar surface area (TPSA) is 71.8 Å². The van der Waals surface area contributed by atoms with E-state index in [2.05, 4.69) is 62.5 Å². The number of carbonyl (C=O) groups excluding carboxylic acids is 2. The molecule has 1 aliphatic carbocycles. The number of aryl methyl sites for hydroxylation is 1. The summed E-state index contributed by atoms with van der Waals surface area (Å²) in [5.74, 6) is 2.54. The third-order valence-corrected chi connectivity index (χ3v) is 7.16. The molecule has 5 rings (SSSR count). The summed E-state index contributed by atoms with van der Waals surface area (Å²) < 4.78 is 11.8. The van der Waals surface area contributed by atoms with Crippen LogP contribution in [0, 0.1) is 18.8 Å². The molecule has 2 heterocycles. The molecule has 0 radical (unpaired) electrons. The van der Waals surface area contributed by atoms with Gasteiger partial charge in [-0.2, -0.15) is 0 Å². The standard InChI is InChI=1S/C31H36N2O4/c1-20(2)16-29(34)33-15-14-23-10-11-25(17-27(23)30(33)24-8-4-21(3)5-9-24)36-19-26-12-13-28(37-26)31(35)32-18-22-6-7-22/h4-5,8-13,17,20,22,30H,6-7,14-16,18-19H2,1-3H3,(H,32,35)/t30-/m1/s1. The first kappa shape index (κ1) is 25.1. The van der Waals surface area contributed by atoms with Crippen LogP contribution < -0.4 is 10.1 Å². The van der Waals surface area contributed by atoms with E-state index in [9.17, 15) is 9.59 Å². The van der Waals surface area contributed by atoms with Crippen molar-refractivity contribution in [3.8, 4) is 5.75 Å². The largest absolute Gasteiger partial charge is 0.486 e. The van der Waals surface area contributed by atoms with Crippen LogP contribution in [-0.4, -0.2) is 29.8 Å². The fourth-order valence-electron chi connectivity index (χ4n) is 4.90. The molecule has 1 fully saturated rings. The second-order valence-electron chi connectivity index (χ2n) is 10.8. The predicted octanol–water partition coefficient (Wildman–Crippen LogP) is 5.83. The summed E-state index contributed by atoms with van der Waals surface area (Å²) in [6, 6.07) is 17.9. The monoisotopic (exact) mass is 500 g/mol. The minimum atomic E-state index is -0.181. The molecular formula is C31H36N2O4. The first-order chi connectivity index (χ1) is 17.9. The smallest absolute Gasteiger partial charge is 0.287 e. The molecule has 6 nitrogen and oxygen atoms in total. The lowest BCUT2D eigenvalue weighted by Crippen LogP contribution is -2.41. The van der Waals surface area contributed by atoms with Crippen LogP contribution in [0.4, 0.5) is 0 Å². The van der Waals surface area contributed by atoms with Gasteiger partial charge in [-0.15, -0.1) is 0 Å². The molecule has 0 unspecified atom stereocenters. The highest BCUT2D eigenvalue weighted by Gasteiger charge is 2.32. The Hall–Kier alpha value is -3.54. The Bertz CT molecular complexity index is 1260. The number of ether oxygens (including phenoxy) is 1. The van der Waals surface area contributed by atoms with Gasteiger partial charge in [0.2, 0.25) is 5.91 Å². The number of rotatable bonds is 9. The molecule has 0 saturated heterocycles. The molecule has 1 atom stereocenters. The van der Waals surface area contributed by atoms with E-state index in [-0.39, 0.29) is 24.5 Å². The van der Waals surface area contributed by atoms with Gasteiger partial charge in [-0.25, -0.2) is 0 Å². The van der Waals surface area contributed by atoms with E-state index in [1.807, 2.05) is 11.0 Å².